The number of nitrogens with one attached hydrogen (secondary N) is 1. The van der Waals surface area contributed by atoms with Gasteiger partial charge in [-0.15, -0.1) is 5.10 Å². The molecule has 0 spiro atoms. The average molecular weight is 664 g/mol. The minimum absolute atomic E-state index is 0.0322. The Kier molecular flexibility index (Phi) is 9.67. The number of nitrogens with zero attached hydrogens (tertiary/aromatic N) is 6. The number of tetrazole rings is 1. The normalized spacial score (nSPS) is 12.1. The van der Waals surface area contributed by atoms with Gasteiger partial charge in [-0.25, -0.2) is 8.42 Å². The molecule has 14 nitrogen and oxygen atoms in total. The number of furan rings is 1. The van der Waals surface area contributed by atoms with E-state index in [2.05, 4.69) is 20.2 Å². The van der Waals surface area contributed by atoms with Gasteiger partial charge in [-0.3, -0.25) is 19.6 Å². The van der Waals surface area contributed by atoms with E-state index in [1.165, 1.54) is 34.0 Å². The number of thioether (sulfide) groups is 1. The highest BCUT2D eigenvalue weighted by Crippen LogP contribution is 2.35. The second kappa shape index (κ2) is 13.8. The van der Waals surface area contributed by atoms with Crippen LogP contribution in [-0.4, -0.2) is 56.0 Å². The maximum Gasteiger partial charge on any atom is 0.290 e. The number of benzene rings is 3. The Bertz CT molecular complexity index is 1910. The lowest BCUT2D eigenvalue weighted by Gasteiger charge is -2.27. The molecule has 0 aliphatic carbocycles. The summed E-state index contributed by atoms with van der Waals surface area (Å²) in [6.45, 7) is 3.62. The minimum atomic E-state index is -3.48. The van der Waals surface area contributed by atoms with Gasteiger partial charge in [-0.2, -0.15) is 4.68 Å². The third kappa shape index (κ3) is 7.89. The number of anilines is 1. The van der Waals surface area contributed by atoms with E-state index in [0.29, 0.717) is 28.3 Å². The smallest absolute Gasteiger partial charge is 0.290 e. The number of rotatable bonds is 12. The van der Waals surface area contributed by atoms with Crippen LogP contribution in [0.15, 0.2) is 101 Å². The molecular formula is C30H29N7O7S2. The molecule has 1 atom stereocenters. The van der Waals surface area contributed by atoms with Crippen molar-refractivity contribution >= 4 is 38.4 Å². The Balaban J connectivity index is 1.45. The first-order chi connectivity index (χ1) is 22.0. The highest BCUT2D eigenvalue weighted by atomic mass is 32.2. The number of carbonyl (C=O) groups is 1. The summed E-state index contributed by atoms with van der Waals surface area (Å²) >= 11 is 0.833. The molecule has 0 fully saturated rings. The number of para-hydroxylation sites is 1. The molecule has 16 heteroatoms. The summed E-state index contributed by atoms with van der Waals surface area (Å²) in [5.74, 6) is 0.719. The van der Waals surface area contributed by atoms with Crippen LogP contribution in [0.25, 0.3) is 5.69 Å². The molecule has 1 amide bonds. The van der Waals surface area contributed by atoms with Gasteiger partial charge in [-0.1, -0.05) is 30.3 Å². The van der Waals surface area contributed by atoms with E-state index in [9.17, 15) is 23.3 Å². The lowest BCUT2D eigenvalue weighted by atomic mass is 10.1. The molecule has 3 aromatic carbocycles. The van der Waals surface area contributed by atoms with Crippen molar-refractivity contribution in [2.24, 2.45) is 0 Å². The van der Waals surface area contributed by atoms with Gasteiger partial charge < -0.3 is 14.1 Å². The van der Waals surface area contributed by atoms with Gasteiger partial charge in [-0.05, 0) is 66.7 Å². The molecule has 5 rings (SSSR count). The first-order valence-corrected chi connectivity index (χ1v) is 16.6. The van der Waals surface area contributed by atoms with Crippen molar-refractivity contribution in [3.63, 3.8) is 0 Å². The third-order valence-electron chi connectivity index (χ3n) is 6.64. The van der Waals surface area contributed by atoms with Gasteiger partial charge in [0.25, 0.3) is 10.9 Å². The molecule has 0 bridgehead atoms. The summed E-state index contributed by atoms with van der Waals surface area (Å²) in [5.41, 5.74) is 1.87. The number of sulfonamides is 1. The van der Waals surface area contributed by atoms with E-state index in [-0.39, 0.29) is 34.4 Å². The van der Waals surface area contributed by atoms with Crippen LogP contribution in [0, 0.1) is 10.1 Å². The van der Waals surface area contributed by atoms with Gasteiger partial charge >= 0.3 is 0 Å². The Morgan fingerprint density at radius 2 is 1.83 bits per heavy atom. The zero-order valence-corrected chi connectivity index (χ0v) is 26.5. The number of non-ortho nitro benzene ring substituents is 1. The number of amides is 1. The monoisotopic (exact) mass is 663 g/mol. The molecule has 1 unspecified atom stereocenters. The molecule has 2 heterocycles. The number of hydrogen-bond donors (Lipinski definition) is 1. The Labute approximate surface area is 268 Å². The molecule has 5 aromatic rings. The standard InChI is InChI=1S/C30H29N7O7S2/c1-20(2)35(30(38)45-29-31-33-34-36(29)24-8-5-4-6-9-24)19-22-18-25(37(39)40)15-16-26(22)44-28(27-10-7-17-43-27)21-11-13-23(14-12-21)32-46(3,41)42/h4-18,20,28,32H,19H2,1-3H3. The maximum absolute atomic E-state index is 13.7. The largest absolute Gasteiger partial charge is 0.477 e. The molecule has 0 aliphatic heterocycles. The predicted molar refractivity (Wildman–Crippen MR) is 170 cm³/mol. The van der Waals surface area contributed by atoms with E-state index in [4.69, 9.17) is 9.15 Å². The fourth-order valence-corrected chi connectivity index (χ4v) is 5.89. The van der Waals surface area contributed by atoms with E-state index < -0.39 is 21.1 Å². The van der Waals surface area contributed by atoms with Crippen molar-refractivity contribution in [3.05, 3.63) is 118 Å². The van der Waals surface area contributed by atoms with Gasteiger partial charge in [0.15, 0.2) is 6.10 Å². The zero-order valence-electron chi connectivity index (χ0n) is 24.9. The third-order valence-corrected chi connectivity index (χ3v) is 8.09. The molecule has 0 saturated carbocycles. The number of ether oxygens (including phenoxy) is 1. The first-order valence-electron chi connectivity index (χ1n) is 13.9. The maximum atomic E-state index is 13.7. The lowest BCUT2D eigenvalue weighted by Crippen LogP contribution is -2.34. The van der Waals surface area contributed by atoms with Crippen LogP contribution in [-0.2, 0) is 16.6 Å². The SMILES string of the molecule is CC(C)N(Cc1cc([N+](=O)[O-])ccc1OC(c1ccc(NS(C)(=O)=O)cc1)c1ccco1)C(=O)Sc1nnnn1-c1ccccc1. The van der Waals surface area contributed by atoms with E-state index in [1.54, 1.807) is 36.4 Å². The summed E-state index contributed by atoms with van der Waals surface area (Å²) in [6, 6.07) is 22.9. The van der Waals surface area contributed by atoms with Crippen molar-refractivity contribution in [1.29, 1.82) is 0 Å². The number of nitro groups is 1. The van der Waals surface area contributed by atoms with Crippen LogP contribution in [0.3, 0.4) is 0 Å². The summed E-state index contributed by atoms with van der Waals surface area (Å²) < 4.78 is 39.3. The quantitative estimate of drug-likeness (QED) is 0.0966. The van der Waals surface area contributed by atoms with E-state index in [0.717, 1.165) is 18.0 Å². The van der Waals surface area contributed by atoms with Gasteiger partial charge in [0.1, 0.15) is 11.5 Å². The van der Waals surface area contributed by atoms with Crippen LogP contribution in [0.5, 0.6) is 5.75 Å². The predicted octanol–water partition coefficient (Wildman–Crippen LogP) is 5.83. The summed E-state index contributed by atoms with van der Waals surface area (Å²) in [7, 11) is -3.48. The number of hydrogen-bond acceptors (Lipinski definition) is 11. The molecule has 238 valence electrons. The van der Waals surface area contributed by atoms with Crippen molar-refractivity contribution in [3.8, 4) is 11.4 Å². The summed E-state index contributed by atoms with van der Waals surface area (Å²) in [4.78, 5) is 26.4. The van der Waals surface area contributed by atoms with Gasteiger partial charge in [0, 0.05) is 46.8 Å². The second-order valence-electron chi connectivity index (χ2n) is 10.4. The summed E-state index contributed by atoms with van der Waals surface area (Å²) in [6.07, 6.45) is 1.73. The van der Waals surface area contributed by atoms with Crippen LogP contribution in [0.1, 0.15) is 36.8 Å². The van der Waals surface area contributed by atoms with Gasteiger partial charge in [0.2, 0.25) is 15.2 Å². The molecule has 0 radical (unpaired) electrons. The van der Waals surface area contributed by atoms with Crippen LogP contribution < -0.4 is 9.46 Å². The number of aromatic nitrogens is 4. The molecule has 46 heavy (non-hydrogen) atoms. The van der Waals surface area contributed by atoms with Crippen molar-refractivity contribution in [2.45, 2.75) is 37.7 Å². The second-order valence-corrected chi connectivity index (χ2v) is 13.0. The molecular weight excluding hydrogens is 635 g/mol. The van der Waals surface area contributed by atoms with Crippen molar-refractivity contribution < 1.29 is 27.3 Å². The van der Waals surface area contributed by atoms with Crippen LogP contribution >= 0.6 is 11.8 Å². The first kappa shape index (κ1) is 32.2. The Morgan fingerprint density at radius 3 is 2.46 bits per heavy atom. The Morgan fingerprint density at radius 1 is 1.09 bits per heavy atom. The zero-order chi connectivity index (χ0) is 32.8. The van der Waals surface area contributed by atoms with E-state index in [1.807, 2.05) is 44.2 Å². The van der Waals surface area contributed by atoms with Crippen LogP contribution in [0.2, 0.25) is 0 Å². The van der Waals surface area contributed by atoms with Crippen molar-refractivity contribution in [1.82, 2.24) is 25.1 Å². The molecule has 1 N–H and O–H groups in total. The molecule has 2 aromatic heterocycles. The average Bonchev–Trinajstić information content (AvgIpc) is 3.72. The fourth-order valence-electron chi connectivity index (χ4n) is 4.47. The fraction of sp³-hybridized carbons (Fsp3) is 0.200. The lowest BCUT2D eigenvalue weighted by molar-refractivity contribution is -0.385. The van der Waals surface area contributed by atoms with Crippen molar-refractivity contribution in [2.75, 3.05) is 11.0 Å². The highest BCUT2D eigenvalue weighted by Gasteiger charge is 2.27. The minimum Gasteiger partial charge on any atom is -0.477 e. The summed E-state index contributed by atoms with van der Waals surface area (Å²) in [5, 5.41) is 23.4. The number of carbonyl (C=O) groups excluding carboxylic acids is 1. The van der Waals surface area contributed by atoms with Gasteiger partial charge in [0.05, 0.1) is 29.7 Å². The number of nitro benzene ring substituents is 1. The topological polar surface area (TPSA) is 176 Å². The van der Waals surface area contributed by atoms with Crippen LogP contribution in [0.4, 0.5) is 16.2 Å². The molecule has 0 aliphatic rings. The van der Waals surface area contributed by atoms with E-state index >= 15 is 0 Å². The highest BCUT2D eigenvalue weighted by molar-refractivity contribution is 8.13. The molecule has 0 saturated heterocycles. The Hall–Kier alpha value is -5.22.